The van der Waals surface area contributed by atoms with Gasteiger partial charge in [0.1, 0.15) is 6.04 Å². The average Bonchev–Trinajstić information content (AvgIpc) is 2.37. The van der Waals surface area contributed by atoms with Crippen LogP contribution in [0.2, 0.25) is 0 Å². The lowest BCUT2D eigenvalue weighted by atomic mass is 10.2. The Morgan fingerprint density at radius 2 is 2.00 bits per heavy atom. The van der Waals surface area contributed by atoms with Crippen molar-refractivity contribution in [1.29, 1.82) is 0 Å². The summed E-state index contributed by atoms with van der Waals surface area (Å²) in [6.45, 7) is 2.21. The number of amides is 2. The largest absolute Gasteiger partial charge is 0.480 e. The highest BCUT2D eigenvalue weighted by Crippen LogP contribution is 2.00. The maximum atomic E-state index is 11.7. The summed E-state index contributed by atoms with van der Waals surface area (Å²) in [5, 5.41) is 11.4. The molecule has 110 valence electrons. The minimum absolute atomic E-state index is 0.228. The molecule has 0 saturated carbocycles. The first-order valence-electron chi connectivity index (χ1n) is 6.23. The van der Waals surface area contributed by atoms with Gasteiger partial charge in [0.2, 0.25) is 0 Å². The Balaban J connectivity index is 4.10. The van der Waals surface area contributed by atoms with Gasteiger partial charge in [0.15, 0.2) is 0 Å². The summed E-state index contributed by atoms with van der Waals surface area (Å²) >= 11 is 0. The molecule has 0 fully saturated rings. The summed E-state index contributed by atoms with van der Waals surface area (Å²) in [6, 6.07) is -1.33. The molecule has 0 bridgehead atoms. The Kier molecular flexibility index (Phi) is 8.32. The van der Waals surface area contributed by atoms with Crippen LogP contribution in [0.25, 0.3) is 0 Å². The van der Waals surface area contributed by atoms with E-state index in [1.54, 1.807) is 7.05 Å². The zero-order valence-electron chi connectivity index (χ0n) is 11.6. The van der Waals surface area contributed by atoms with Gasteiger partial charge >= 0.3 is 18.0 Å². The van der Waals surface area contributed by atoms with E-state index in [2.05, 4.69) is 10.1 Å². The van der Waals surface area contributed by atoms with Gasteiger partial charge in [-0.15, -0.1) is 0 Å². The van der Waals surface area contributed by atoms with Crippen molar-refractivity contribution in [3.05, 3.63) is 0 Å². The van der Waals surface area contributed by atoms with Crippen LogP contribution < -0.4 is 5.32 Å². The summed E-state index contributed by atoms with van der Waals surface area (Å²) < 4.78 is 4.48. The van der Waals surface area contributed by atoms with Gasteiger partial charge in [0.05, 0.1) is 7.11 Å². The highest BCUT2D eigenvalue weighted by Gasteiger charge is 2.20. The number of esters is 1. The van der Waals surface area contributed by atoms with Gasteiger partial charge < -0.3 is 20.1 Å². The van der Waals surface area contributed by atoms with Crippen molar-refractivity contribution in [2.24, 2.45) is 0 Å². The molecule has 0 aromatic carbocycles. The maximum absolute atomic E-state index is 11.7. The summed E-state index contributed by atoms with van der Waals surface area (Å²) in [5.41, 5.74) is 0. The van der Waals surface area contributed by atoms with Gasteiger partial charge in [-0.2, -0.15) is 0 Å². The Hall–Kier alpha value is -1.79. The first-order chi connectivity index (χ1) is 8.92. The minimum atomic E-state index is -1.04. The molecule has 0 aliphatic carbocycles. The van der Waals surface area contributed by atoms with E-state index in [4.69, 9.17) is 5.11 Å². The number of hydrogen-bond acceptors (Lipinski definition) is 4. The number of nitrogens with one attached hydrogen (secondary N) is 1. The Bertz CT molecular complexity index is 319. The van der Waals surface area contributed by atoms with Crippen molar-refractivity contribution in [2.45, 2.75) is 38.6 Å². The third kappa shape index (κ3) is 7.28. The first kappa shape index (κ1) is 17.2. The first-order valence-corrected chi connectivity index (χ1v) is 6.23. The third-order valence-corrected chi connectivity index (χ3v) is 2.62. The molecular formula is C12H22N2O5. The second-order valence-corrected chi connectivity index (χ2v) is 4.23. The third-order valence-electron chi connectivity index (χ3n) is 2.62. The van der Waals surface area contributed by atoms with Gasteiger partial charge in [-0.25, -0.2) is 9.59 Å². The molecule has 0 rings (SSSR count). The van der Waals surface area contributed by atoms with E-state index in [1.165, 1.54) is 12.0 Å². The summed E-state index contributed by atoms with van der Waals surface area (Å²) in [5.74, 6) is -1.37. The molecule has 0 aromatic rings. The molecule has 1 unspecified atom stereocenters. The van der Waals surface area contributed by atoms with Gasteiger partial charge in [-0.05, 0) is 12.8 Å². The molecule has 0 aromatic heterocycles. The molecule has 1 atom stereocenters. The smallest absolute Gasteiger partial charge is 0.326 e. The number of carbonyl (C=O) groups is 3. The van der Waals surface area contributed by atoms with Crippen LogP contribution in [0, 0.1) is 0 Å². The summed E-state index contributed by atoms with van der Waals surface area (Å²) in [4.78, 5) is 34.9. The fourth-order valence-electron chi connectivity index (χ4n) is 1.47. The number of carboxylic acid groups (broad SMARTS) is 1. The van der Waals surface area contributed by atoms with E-state index >= 15 is 0 Å². The molecule has 2 amide bonds. The Morgan fingerprint density at radius 1 is 1.37 bits per heavy atom. The number of aliphatic carboxylic acids is 1. The van der Waals surface area contributed by atoms with Crippen LogP contribution in [-0.4, -0.2) is 54.7 Å². The molecule has 19 heavy (non-hydrogen) atoms. The van der Waals surface area contributed by atoms with Crippen LogP contribution in [0.4, 0.5) is 4.79 Å². The quantitative estimate of drug-likeness (QED) is 0.639. The molecule has 0 radical (unpaired) electrons. The number of carboxylic acids is 1. The van der Waals surface area contributed by atoms with E-state index in [-0.39, 0.29) is 12.4 Å². The SMILES string of the molecule is CCCC(NC(=O)N(C)CCCC(=O)OC)C(=O)O. The van der Waals surface area contributed by atoms with Gasteiger partial charge in [-0.1, -0.05) is 13.3 Å². The number of ether oxygens (including phenoxy) is 1. The van der Waals surface area contributed by atoms with E-state index in [1.807, 2.05) is 6.92 Å². The van der Waals surface area contributed by atoms with Crippen LogP contribution in [0.1, 0.15) is 32.6 Å². The molecular weight excluding hydrogens is 252 g/mol. The molecule has 0 spiro atoms. The van der Waals surface area contributed by atoms with Crippen molar-refractivity contribution in [1.82, 2.24) is 10.2 Å². The number of hydrogen-bond donors (Lipinski definition) is 2. The number of carbonyl (C=O) groups excluding carboxylic acids is 2. The number of rotatable bonds is 8. The van der Waals surface area contributed by atoms with Crippen molar-refractivity contribution < 1.29 is 24.2 Å². The molecule has 2 N–H and O–H groups in total. The van der Waals surface area contributed by atoms with E-state index in [9.17, 15) is 14.4 Å². The van der Waals surface area contributed by atoms with Crippen LogP contribution in [-0.2, 0) is 14.3 Å². The zero-order valence-corrected chi connectivity index (χ0v) is 11.6. The molecule has 7 nitrogen and oxygen atoms in total. The lowest BCUT2D eigenvalue weighted by molar-refractivity contribution is -0.141. The average molecular weight is 274 g/mol. The number of methoxy groups -OCH3 is 1. The van der Waals surface area contributed by atoms with Crippen molar-refractivity contribution in [2.75, 3.05) is 20.7 Å². The number of nitrogens with zero attached hydrogens (tertiary/aromatic N) is 1. The highest BCUT2D eigenvalue weighted by atomic mass is 16.5. The minimum Gasteiger partial charge on any atom is -0.480 e. The fraction of sp³-hybridized carbons (Fsp3) is 0.750. The van der Waals surface area contributed by atoms with Gasteiger partial charge in [0, 0.05) is 20.0 Å². The van der Waals surface area contributed by atoms with Crippen molar-refractivity contribution >= 4 is 18.0 Å². The van der Waals surface area contributed by atoms with Crippen molar-refractivity contribution in [3.63, 3.8) is 0 Å². The topological polar surface area (TPSA) is 95.9 Å². The molecule has 0 saturated heterocycles. The van der Waals surface area contributed by atoms with Gasteiger partial charge in [0.25, 0.3) is 0 Å². The second kappa shape index (κ2) is 9.18. The van der Waals surface area contributed by atoms with E-state index < -0.39 is 18.0 Å². The maximum Gasteiger partial charge on any atom is 0.326 e. The zero-order chi connectivity index (χ0) is 14.8. The summed E-state index contributed by atoms with van der Waals surface area (Å²) in [6.07, 6.45) is 1.76. The van der Waals surface area contributed by atoms with E-state index in [0.29, 0.717) is 25.8 Å². The molecule has 0 heterocycles. The summed E-state index contributed by atoms with van der Waals surface area (Å²) in [7, 11) is 2.86. The second-order valence-electron chi connectivity index (χ2n) is 4.23. The Morgan fingerprint density at radius 3 is 2.47 bits per heavy atom. The highest BCUT2D eigenvalue weighted by molar-refractivity contribution is 5.82. The molecule has 0 aliphatic heterocycles. The van der Waals surface area contributed by atoms with Crippen molar-refractivity contribution in [3.8, 4) is 0 Å². The number of urea groups is 1. The monoisotopic (exact) mass is 274 g/mol. The Labute approximate surface area is 112 Å². The van der Waals surface area contributed by atoms with E-state index in [0.717, 1.165) is 0 Å². The van der Waals surface area contributed by atoms with Crippen LogP contribution in [0.3, 0.4) is 0 Å². The van der Waals surface area contributed by atoms with Crippen LogP contribution >= 0.6 is 0 Å². The normalized spacial score (nSPS) is 11.5. The fourth-order valence-corrected chi connectivity index (χ4v) is 1.47. The van der Waals surface area contributed by atoms with Crippen LogP contribution in [0.15, 0.2) is 0 Å². The predicted octanol–water partition coefficient (Wildman–Crippen LogP) is 0.834. The lowest BCUT2D eigenvalue weighted by Gasteiger charge is -2.21. The predicted molar refractivity (Wildman–Crippen MR) is 68.7 cm³/mol. The standard InChI is InChI=1S/C12H22N2O5/c1-4-6-9(11(16)17)13-12(18)14(2)8-5-7-10(15)19-3/h9H,4-8H2,1-3H3,(H,13,18)(H,16,17). The van der Waals surface area contributed by atoms with Gasteiger partial charge in [-0.3, -0.25) is 4.79 Å². The lowest BCUT2D eigenvalue weighted by Crippen LogP contribution is -2.46. The molecule has 0 aliphatic rings. The molecule has 7 heteroatoms. The van der Waals surface area contributed by atoms with Crippen LogP contribution in [0.5, 0.6) is 0 Å².